The van der Waals surface area contributed by atoms with Crippen LogP contribution in [-0.2, 0) is 20.8 Å². The van der Waals surface area contributed by atoms with Crippen LogP contribution in [0.4, 0.5) is 4.79 Å². The highest BCUT2D eigenvalue weighted by Crippen LogP contribution is 2.36. The number of urea groups is 1. The number of amides is 2. The molecule has 8 heteroatoms. The third-order valence-corrected chi connectivity index (χ3v) is 5.34. The number of hydrogen-bond donors (Lipinski definition) is 1. The minimum Gasteiger partial charge on any atom is -0.493 e. The SMILES string of the molecule is CCOc1cc([C@@H]2NC(=O)N(Cc3ccccc3)C(C)=C2C(=O)OCCOC)ccc1OC. The molecule has 0 saturated heterocycles. The van der Waals surface area contributed by atoms with Crippen LogP contribution in [0.1, 0.15) is 31.0 Å². The van der Waals surface area contributed by atoms with Gasteiger partial charge in [0.15, 0.2) is 11.5 Å². The van der Waals surface area contributed by atoms with E-state index in [0.29, 0.717) is 41.5 Å². The van der Waals surface area contributed by atoms with E-state index in [1.165, 1.54) is 7.11 Å². The van der Waals surface area contributed by atoms with Crippen molar-refractivity contribution in [2.45, 2.75) is 26.4 Å². The molecule has 8 nitrogen and oxygen atoms in total. The van der Waals surface area contributed by atoms with Gasteiger partial charge >= 0.3 is 12.0 Å². The van der Waals surface area contributed by atoms with Crippen LogP contribution in [-0.4, -0.2) is 50.9 Å². The molecule has 33 heavy (non-hydrogen) atoms. The molecular formula is C25H30N2O6. The lowest BCUT2D eigenvalue weighted by molar-refractivity contribution is -0.140. The van der Waals surface area contributed by atoms with Crippen molar-refractivity contribution in [3.63, 3.8) is 0 Å². The first-order valence-corrected chi connectivity index (χ1v) is 10.8. The number of nitrogens with one attached hydrogen (secondary N) is 1. The van der Waals surface area contributed by atoms with Crippen molar-refractivity contribution in [1.29, 1.82) is 0 Å². The van der Waals surface area contributed by atoms with E-state index in [-0.39, 0.29) is 19.2 Å². The predicted octanol–water partition coefficient (Wildman–Crippen LogP) is 3.82. The summed E-state index contributed by atoms with van der Waals surface area (Å²) in [5.41, 5.74) is 2.52. The zero-order chi connectivity index (χ0) is 23.8. The van der Waals surface area contributed by atoms with Crippen molar-refractivity contribution in [2.24, 2.45) is 0 Å². The van der Waals surface area contributed by atoms with Gasteiger partial charge in [-0.25, -0.2) is 9.59 Å². The average Bonchev–Trinajstić information content (AvgIpc) is 2.82. The lowest BCUT2D eigenvalue weighted by Crippen LogP contribution is -2.47. The maximum atomic E-state index is 13.1. The molecule has 2 aromatic carbocycles. The Hall–Kier alpha value is -3.52. The Morgan fingerprint density at radius 3 is 2.48 bits per heavy atom. The molecule has 1 aliphatic rings. The summed E-state index contributed by atoms with van der Waals surface area (Å²) >= 11 is 0. The summed E-state index contributed by atoms with van der Waals surface area (Å²) in [6.45, 7) is 4.79. The van der Waals surface area contributed by atoms with Crippen LogP contribution >= 0.6 is 0 Å². The number of carbonyl (C=O) groups excluding carboxylic acids is 2. The van der Waals surface area contributed by atoms with Crippen molar-refractivity contribution in [3.05, 3.63) is 70.9 Å². The number of hydrogen-bond acceptors (Lipinski definition) is 6. The molecule has 1 heterocycles. The minimum absolute atomic E-state index is 0.109. The Kier molecular flexibility index (Phi) is 8.32. The highest BCUT2D eigenvalue weighted by atomic mass is 16.6. The van der Waals surface area contributed by atoms with Crippen molar-refractivity contribution in [1.82, 2.24) is 10.2 Å². The Morgan fingerprint density at radius 2 is 1.82 bits per heavy atom. The number of methoxy groups -OCH3 is 2. The molecule has 0 saturated carbocycles. The van der Waals surface area contributed by atoms with Gasteiger partial charge in [0.25, 0.3) is 0 Å². The molecule has 2 amide bonds. The fourth-order valence-electron chi connectivity index (χ4n) is 3.69. The van der Waals surface area contributed by atoms with E-state index >= 15 is 0 Å². The molecule has 1 atom stereocenters. The van der Waals surface area contributed by atoms with Gasteiger partial charge in [0.05, 0.1) is 38.5 Å². The van der Waals surface area contributed by atoms with E-state index in [4.69, 9.17) is 18.9 Å². The smallest absolute Gasteiger partial charge is 0.338 e. The number of esters is 1. The second-order valence-corrected chi connectivity index (χ2v) is 7.43. The normalized spacial score (nSPS) is 15.8. The highest BCUT2D eigenvalue weighted by Gasteiger charge is 2.37. The zero-order valence-electron chi connectivity index (χ0n) is 19.4. The van der Waals surface area contributed by atoms with E-state index in [2.05, 4.69) is 5.32 Å². The Bertz CT molecular complexity index is 1010. The maximum Gasteiger partial charge on any atom is 0.338 e. The molecule has 3 rings (SSSR count). The molecule has 0 aliphatic carbocycles. The second-order valence-electron chi connectivity index (χ2n) is 7.43. The molecule has 0 bridgehead atoms. The monoisotopic (exact) mass is 454 g/mol. The molecule has 176 valence electrons. The Labute approximate surface area is 194 Å². The standard InChI is InChI=1S/C25H30N2O6/c1-5-32-21-15-19(11-12-20(21)31-4)23-22(24(28)33-14-13-30-3)17(2)27(25(29)26-23)16-18-9-7-6-8-10-18/h6-12,15,23H,5,13-14,16H2,1-4H3,(H,26,29)/t23-/m0/s1. The minimum atomic E-state index is -0.704. The van der Waals surface area contributed by atoms with Crippen molar-refractivity contribution >= 4 is 12.0 Å². The molecular weight excluding hydrogens is 424 g/mol. The molecule has 0 radical (unpaired) electrons. The average molecular weight is 455 g/mol. The first-order chi connectivity index (χ1) is 16.0. The topological polar surface area (TPSA) is 86.3 Å². The summed E-state index contributed by atoms with van der Waals surface area (Å²) in [6, 6.07) is 13.9. The Balaban J connectivity index is 2.02. The van der Waals surface area contributed by atoms with Gasteiger partial charge in [0, 0.05) is 12.8 Å². The number of carbonyl (C=O) groups is 2. The third-order valence-electron chi connectivity index (χ3n) is 5.34. The number of rotatable bonds is 10. The van der Waals surface area contributed by atoms with Crippen LogP contribution in [0.15, 0.2) is 59.8 Å². The number of nitrogens with zero attached hydrogens (tertiary/aromatic N) is 1. The van der Waals surface area contributed by atoms with E-state index in [1.807, 2.05) is 37.3 Å². The van der Waals surface area contributed by atoms with Crippen molar-refractivity contribution in [3.8, 4) is 11.5 Å². The molecule has 1 aliphatic heterocycles. The fourth-order valence-corrected chi connectivity index (χ4v) is 3.69. The summed E-state index contributed by atoms with van der Waals surface area (Å²) in [6.07, 6.45) is 0. The third kappa shape index (κ3) is 5.64. The summed E-state index contributed by atoms with van der Waals surface area (Å²) in [5.74, 6) is 0.586. The first kappa shape index (κ1) is 24.1. The van der Waals surface area contributed by atoms with Crippen LogP contribution in [0.3, 0.4) is 0 Å². The van der Waals surface area contributed by atoms with Gasteiger partial charge in [0.2, 0.25) is 0 Å². The lowest BCUT2D eigenvalue weighted by atomic mass is 9.94. The zero-order valence-corrected chi connectivity index (χ0v) is 19.4. The van der Waals surface area contributed by atoms with Gasteiger partial charge in [-0.2, -0.15) is 0 Å². The quantitative estimate of drug-likeness (QED) is 0.434. The number of benzene rings is 2. The van der Waals surface area contributed by atoms with Gasteiger partial charge in [-0.3, -0.25) is 4.90 Å². The van der Waals surface area contributed by atoms with Gasteiger partial charge in [0.1, 0.15) is 6.61 Å². The van der Waals surface area contributed by atoms with Crippen molar-refractivity contribution < 1.29 is 28.5 Å². The largest absolute Gasteiger partial charge is 0.493 e. The predicted molar refractivity (Wildman–Crippen MR) is 123 cm³/mol. The van der Waals surface area contributed by atoms with Gasteiger partial charge < -0.3 is 24.3 Å². The van der Waals surface area contributed by atoms with Crippen LogP contribution in [0.5, 0.6) is 11.5 Å². The van der Waals surface area contributed by atoms with Crippen LogP contribution in [0.25, 0.3) is 0 Å². The highest BCUT2D eigenvalue weighted by molar-refractivity contribution is 5.95. The van der Waals surface area contributed by atoms with Crippen LogP contribution in [0.2, 0.25) is 0 Å². The van der Waals surface area contributed by atoms with Crippen molar-refractivity contribution in [2.75, 3.05) is 34.0 Å². The van der Waals surface area contributed by atoms with Crippen LogP contribution in [0, 0.1) is 0 Å². The molecule has 1 N–H and O–H groups in total. The number of allylic oxidation sites excluding steroid dienone is 1. The summed E-state index contributed by atoms with van der Waals surface area (Å²) in [7, 11) is 3.10. The van der Waals surface area contributed by atoms with Crippen LogP contribution < -0.4 is 14.8 Å². The fraction of sp³-hybridized carbons (Fsp3) is 0.360. The lowest BCUT2D eigenvalue weighted by Gasteiger charge is -2.35. The van der Waals surface area contributed by atoms with E-state index in [0.717, 1.165) is 5.56 Å². The maximum absolute atomic E-state index is 13.1. The summed E-state index contributed by atoms with van der Waals surface area (Å²) in [4.78, 5) is 27.8. The summed E-state index contributed by atoms with van der Waals surface area (Å²) < 4.78 is 21.5. The first-order valence-electron chi connectivity index (χ1n) is 10.8. The van der Waals surface area contributed by atoms with Gasteiger partial charge in [-0.05, 0) is 37.1 Å². The molecule has 0 fully saturated rings. The molecule has 2 aromatic rings. The van der Waals surface area contributed by atoms with Gasteiger partial charge in [-0.15, -0.1) is 0 Å². The second kappa shape index (κ2) is 11.4. The number of ether oxygens (including phenoxy) is 4. The molecule has 0 unspecified atom stereocenters. The van der Waals surface area contributed by atoms with E-state index in [9.17, 15) is 9.59 Å². The molecule has 0 spiro atoms. The van der Waals surface area contributed by atoms with E-state index < -0.39 is 12.0 Å². The summed E-state index contributed by atoms with van der Waals surface area (Å²) in [5, 5.41) is 2.96. The molecule has 0 aromatic heterocycles. The van der Waals surface area contributed by atoms with Gasteiger partial charge in [-0.1, -0.05) is 36.4 Å². The Morgan fingerprint density at radius 1 is 1.06 bits per heavy atom. The van der Waals surface area contributed by atoms with E-state index in [1.54, 1.807) is 37.1 Å².